The van der Waals surface area contributed by atoms with Crippen molar-refractivity contribution in [3.05, 3.63) is 179 Å². The van der Waals surface area contributed by atoms with Gasteiger partial charge in [-0.2, -0.15) is 0 Å². The van der Waals surface area contributed by atoms with E-state index in [0.29, 0.717) is 33.9 Å². The van der Waals surface area contributed by atoms with Crippen molar-refractivity contribution in [2.24, 2.45) is 0 Å². The molecule has 0 fully saturated rings. The molecular formula is C52H34N8O6PdS2. The smallest absolute Gasteiger partial charge is 0.744 e. The summed E-state index contributed by atoms with van der Waals surface area (Å²) in [7, 11) is -9.07. The van der Waals surface area contributed by atoms with Gasteiger partial charge in [-0.05, 0) is 169 Å². The van der Waals surface area contributed by atoms with Gasteiger partial charge in [0, 0.05) is 55.3 Å². The number of aromatic nitrogens is 8. The molecule has 8 aromatic rings. The van der Waals surface area contributed by atoms with E-state index in [1.54, 1.807) is 24.3 Å². The average Bonchev–Trinajstić information content (AvgIpc) is 4.16. The standard InChI is InChI=1S/2C26H18N4O3S.Pd/c2*31-34(32,33)23-9-1-16(2-10-23)26-24-11-7-21(29-24)14-19-5-3-17(27-19)13-18-4-6-20(28-18)15-22-8-12-25(26)30-22;/h2*1-15,27-28H,(H,31,32,33);/q;;+2/p-2. The first-order valence-corrected chi connectivity index (χ1v) is 23.9. The van der Waals surface area contributed by atoms with Crippen LogP contribution in [0.5, 0.6) is 0 Å². The molecule has 10 heterocycles. The van der Waals surface area contributed by atoms with Crippen molar-refractivity contribution >= 4 is 113 Å². The number of fused-ring (bicyclic) bond motifs is 16. The molecule has 69 heavy (non-hydrogen) atoms. The van der Waals surface area contributed by atoms with Crippen LogP contribution >= 0.6 is 0 Å². The molecule has 0 spiro atoms. The first kappa shape index (κ1) is 44.9. The molecule has 0 unspecified atom stereocenters. The van der Waals surface area contributed by atoms with Crippen molar-refractivity contribution in [2.45, 2.75) is 9.79 Å². The fourth-order valence-electron chi connectivity index (χ4n) is 8.18. The average molecular weight is 1040 g/mol. The van der Waals surface area contributed by atoms with Gasteiger partial charge in [-0.25, -0.2) is 36.8 Å². The Kier molecular flexibility index (Phi) is 11.7. The molecule has 4 N–H and O–H groups in total. The molecule has 16 bridgehead atoms. The van der Waals surface area contributed by atoms with E-state index in [-0.39, 0.29) is 30.2 Å². The van der Waals surface area contributed by atoms with Crippen molar-refractivity contribution in [3.63, 3.8) is 0 Å². The summed E-state index contributed by atoms with van der Waals surface area (Å²) in [6.07, 6.45) is 15.3. The summed E-state index contributed by atoms with van der Waals surface area (Å²) in [5.41, 5.74) is 16.3. The number of nitrogens with zero attached hydrogens (tertiary/aromatic N) is 4. The number of hydrogen-bond acceptors (Lipinski definition) is 10. The van der Waals surface area contributed by atoms with E-state index in [0.717, 1.165) is 78.0 Å². The summed E-state index contributed by atoms with van der Waals surface area (Å²) in [5.74, 6) is 0. The Bertz CT molecular complexity index is 3640. The van der Waals surface area contributed by atoms with Gasteiger partial charge in [0.25, 0.3) is 0 Å². The van der Waals surface area contributed by atoms with E-state index in [1.807, 2.05) is 134 Å². The predicted molar refractivity (Wildman–Crippen MR) is 265 cm³/mol. The van der Waals surface area contributed by atoms with E-state index < -0.39 is 20.2 Å². The molecular weight excluding hydrogens is 1000 g/mol. The second kappa shape index (κ2) is 18.0. The Hall–Kier alpha value is -7.88. The number of benzene rings is 2. The molecule has 0 amide bonds. The zero-order valence-corrected chi connectivity index (χ0v) is 38.9. The van der Waals surface area contributed by atoms with Gasteiger partial charge in [0.1, 0.15) is 20.2 Å². The predicted octanol–water partition coefficient (Wildman–Crippen LogP) is 10.5. The molecule has 14 nitrogen and oxygen atoms in total. The summed E-state index contributed by atoms with van der Waals surface area (Å²) in [6.45, 7) is 0. The SMILES string of the molecule is O=S(=O)([O-])c1ccc(-c2c3nc(cc4ccc(cc5ccc(cc6nc2C=C6)[nH]5)[nH]4)C=C3)cc1.O=S(=O)([O-])c1ccc(-c2c3nc(cc4ccc(cc5ccc(cc6nc2C=C6)[nH]5)[nH]4)C=C3)cc1.[Pd+2]. The van der Waals surface area contributed by atoms with Gasteiger partial charge in [-0.15, -0.1) is 0 Å². The van der Waals surface area contributed by atoms with Crippen molar-refractivity contribution in [2.75, 3.05) is 0 Å². The minimum atomic E-state index is -4.53. The van der Waals surface area contributed by atoms with Gasteiger partial charge in [0.15, 0.2) is 0 Å². The van der Waals surface area contributed by atoms with Crippen LogP contribution in [0, 0.1) is 0 Å². The Balaban J connectivity index is 0.000000158. The zero-order chi connectivity index (χ0) is 46.6. The topological polar surface area (TPSA) is 229 Å². The van der Waals surface area contributed by atoms with Crippen molar-refractivity contribution in [1.82, 2.24) is 39.9 Å². The maximum Gasteiger partial charge on any atom is 2.00 e. The van der Waals surface area contributed by atoms with Crippen molar-refractivity contribution < 1.29 is 46.4 Å². The van der Waals surface area contributed by atoms with Crippen LogP contribution in [0.3, 0.4) is 0 Å². The third kappa shape index (κ3) is 9.78. The summed E-state index contributed by atoms with van der Waals surface area (Å²) < 4.78 is 68.3. The third-order valence-corrected chi connectivity index (χ3v) is 13.0. The van der Waals surface area contributed by atoms with Crippen LogP contribution < -0.4 is 0 Å². The van der Waals surface area contributed by atoms with E-state index >= 15 is 0 Å². The molecule has 4 aliphatic heterocycles. The fourth-order valence-corrected chi connectivity index (χ4v) is 9.12. The van der Waals surface area contributed by atoms with Gasteiger partial charge in [-0.1, -0.05) is 24.3 Å². The van der Waals surface area contributed by atoms with Gasteiger partial charge < -0.3 is 29.0 Å². The maximum absolute atomic E-state index is 11.4. The van der Waals surface area contributed by atoms with Crippen LogP contribution in [0.4, 0.5) is 0 Å². The van der Waals surface area contributed by atoms with Gasteiger partial charge in [0.05, 0.1) is 55.3 Å². The van der Waals surface area contributed by atoms with Crippen LogP contribution in [0.1, 0.15) is 45.6 Å². The first-order valence-electron chi connectivity index (χ1n) is 21.1. The molecule has 340 valence electrons. The Morgan fingerprint density at radius 1 is 0.319 bits per heavy atom. The van der Waals surface area contributed by atoms with Gasteiger partial charge >= 0.3 is 20.4 Å². The fraction of sp³-hybridized carbons (Fsp3) is 0. The van der Waals surface area contributed by atoms with Gasteiger partial charge in [0.2, 0.25) is 0 Å². The first-order chi connectivity index (χ1) is 32.8. The van der Waals surface area contributed by atoms with Crippen LogP contribution in [-0.2, 0) is 40.7 Å². The third-order valence-electron chi connectivity index (χ3n) is 11.3. The molecule has 2 aromatic carbocycles. The molecule has 0 saturated carbocycles. The Labute approximate surface area is 407 Å². The monoisotopic (exact) mass is 1040 g/mol. The van der Waals surface area contributed by atoms with E-state index in [4.69, 9.17) is 19.9 Å². The Morgan fingerprint density at radius 2 is 0.551 bits per heavy atom. The molecule has 12 rings (SSSR count). The summed E-state index contributed by atoms with van der Waals surface area (Å²) in [5, 5.41) is 0. The Morgan fingerprint density at radius 3 is 0.783 bits per heavy atom. The second-order valence-corrected chi connectivity index (χ2v) is 18.8. The maximum atomic E-state index is 11.4. The minimum absolute atomic E-state index is 0. The number of nitrogens with one attached hydrogen (secondary N) is 4. The van der Waals surface area contributed by atoms with Crippen LogP contribution in [-0.4, -0.2) is 65.8 Å². The summed E-state index contributed by atoms with van der Waals surface area (Å²) in [6, 6.07) is 39.6. The quantitative estimate of drug-likeness (QED) is 0.0962. The summed E-state index contributed by atoms with van der Waals surface area (Å²) >= 11 is 0. The normalized spacial score (nSPS) is 12.7. The van der Waals surface area contributed by atoms with Crippen molar-refractivity contribution in [3.8, 4) is 22.3 Å². The van der Waals surface area contributed by atoms with E-state index in [9.17, 15) is 25.9 Å². The number of rotatable bonds is 4. The number of aromatic amines is 4. The molecule has 6 aromatic heterocycles. The largest absolute Gasteiger partial charge is 2.00 e. The van der Waals surface area contributed by atoms with Crippen molar-refractivity contribution in [1.29, 1.82) is 0 Å². The molecule has 0 aliphatic carbocycles. The van der Waals surface area contributed by atoms with Crippen LogP contribution in [0.2, 0.25) is 0 Å². The van der Waals surface area contributed by atoms with E-state index in [1.165, 1.54) is 24.3 Å². The zero-order valence-electron chi connectivity index (χ0n) is 35.7. The second-order valence-electron chi connectivity index (χ2n) is 16.1. The molecule has 4 aliphatic rings. The minimum Gasteiger partial charge on any atom is -0.744 e. The molecule has 0 saturated heterocycles. The number of hydrogen-bond donors (Lipinski definition) is 4. The molecule has 0 radical (unpaired) electrons. The molecule has 17 heteroatoms. The van der Waals surface area contributed by atoms with Crippen LogP contribution in [0.15, 0.2) is 143 Å². The number of H-pyrrole nitrogens is 4. The molecule has 0 atom stereocenters. The summed E-state index contributed by atoms with van der Waals surface area (Å²) in [4.78, 5) is 32.1. The van der Waals surface area contributed by atoms with Gasteiger partial charge in [-0.3, -0.25) is 0 Å². The van der Waals surface area contributed by atoms with E-state index in [2.05, 4.69) is 19.9 Å². The van der Waals surface area contributed by atoms with Crippen LogP contribution in [0.25, 0.3) is 115 Å².